The number of nitrogens with zero attached hydrogens (tertiary/aromatic N) is 2. The monoisotopic (exact) mass is 451 g/mol. The number of furan rings is 1. The number of aromatic nitrogens is 1. The van der Waals surface area contributed by atoms with E-state index in [1.165, 1.54) is 22.5 Å². The van der Waals surface area contributed by atoms with Crippen LogP contribution in [0, 0.1) is 25.2 Å². The third-order valence-electron chi connectivity index (χ3n) is 5.73. The molecule has 0 unspecified atom stereocenters. The van der Waals surface area contributed by atoms with Gasteiger partial charge in [0.05, 0.1) is 18.5 Å². The van der Waals surface area contributed by atoms with E-state index in [9.17, 15) is 5.26 Å². The summed E-state index contributed by atoms with van der Waals surface area (Å²) in [7, 11) is 1.63. The second kappa shape index (κ2) is 8.45. The van der Waals surface area contributed by atoms with Gasteiger partial charge >= 0.3 is 0 Å². The molecule has 33 heavy (non-hydrogen) atoms. The Morgan fingerprint density at radius 3 is 2.70 bits per heavy atom. The number of fused-ring (bicyclic) bond motifs is 3. The van der Waals surface area contributed by atoms with Crippen molar-refractivity contribution in [3.63, 3.8) is 0 Å². The van der Waals surface area contributed by atoms with Crippen molar-refractivity contribution in [2.24, 2.45) is 0 Å². The van der Waals surface area contributed by atoms with Gasteiger partial charge < -0.3 is 14.5 Å². The first kappa shape index (κ1) is 20.8. The molecule has 0 amide bonds. The molecule has 0 saturated heterocycles. The predicted octanol–water partition coefficient (Wildman–Crippen LogP) is 7.31. The first-order valence-corrected chi connectivity index (χ1v) is 11.3. The average molecular weight is 452 g/mol. The molecule has 0 fully saturated rings. The Morgan fingerprint density at radius 1 is 1.06 bits per heavy atom. The van der Waals surface area contributed by atoms with Gasteiger partial charge in [-0.3, -0.25) is 0 Å². The van der Waals surface area contributed by atoms with Crippen LogP contribution in [-0.4, -0.2) is 12.1 Å². The molecule has 0 aliphatic carbocycles. The SMILES string of the molecule is COc1cc2c(cc1N/C=C(\C#N)c1nc(-c3ccc(C)c(C)c3)cs1)oc1ccccc12. The van der Waals surface area contributed by atoms with E-state index in [0.717, 1.165) is 33.2 Å². The van der Waals surface area contributed by atoms with Crippen LogP contribution in [0.3, 0.4) is 0 Å². The van der Waals surface area contributed by atoms with Gasteiger partial charge in [0, 0.05) is 34.0 Å². The van der Waals surface area contributed by atoms with E-state index < -0.39 is 0 Å². The van der Waals surface area contributed by atoms with Gasteiger partial charge in [-0.2, -0.15) is 5.26 Å². The molecule has 1 N–H and O–H groups in total. The quantitative estimate of drug-likeness (QED) is 0.284. The summed E-state index contributed by atoms with van der Waals surface area (Å²) >= 11 is 1.45. The molecular formula is C27H21N3O2S. The standard InChI is InChI=1S/C27H21N3O2S/c1-16-8-9-18(10-17(16)2)23-15-33-27(30-23)19(13-28)14-29-22-12-25-21(11-26(22)31-3)20-6-4-5-7-24(20)32-25/h4-12,14-15,29H,1-3H3/b19-14+. The Labute approximate surface area is 195 Å². The number of thiazole rings is 1. The highest BCUT2D eigenvalue weighted by Gasteiger charge is 2.13. The Kier molecular flexibility index (Phi) is 5.33. The molecule has 6 heteroatoms. The van der Waals surface area contributed by atoms with Gasteiger partial charge in [0.25, 0.3) is 0 Å². The van der Waals surface area contributed by atoms with Crippen LogP contribution >= 0.6 is 11.3 Å². The number of allylic oxidation sites excluding steroid dienone is 1. The molecule has 5 nitrogen and oxygen atoms in total. The van der Waals surface area contributed by atoms with E-state index in [1.54, 1.807) is 13.3 Å². The fraction of sp³-hybridized carbons (Fsp3) is 0.111. The van der Waals surface area contributed by atoms with Gasteiger partial charge in [0.2, 0.25) is 0 Å². The van der Waals surface area contributed by atoms with Crippen LogP contribution in [-0.2, 0) is 0 Å². The summed E-state index contributed by atoms with van der Waals surface area (Å²) in [6.07, 6.45) is 1.66. The number of nitrogens with one attached hydrogen (secondary N) is 1. The van der Waals surface area contributed by atoms with Gasteiger partial charge in [-0.1, -0.05) is 30.3 Å². The van der Waals surface area contributed by atoms with Gasteiger partial charge in [-0.15, -0.1) is 11.3 Å². The molecular weight excluding hydrogens is 430 g/mol. The number of rotatable bonds is 5. The Hall–Kier alpha value is -4.08. The highest BCUT2D eigenvalue weighted by molar-refractivity contribution is 7.11. The molecule has 0 radical (unpaired) electrons. The molecule has 0 spiro atoms. The van der Waals surface area contributed by atoms with Gasteiger partial charge in [-0.25, -0.2) is 4.98 Å². The fourth-order valence-corrected chi connectivity index (χ4v) is 4.55. The largest absolute Gasteiger partial charge is 0.495 e. The minimum Gasteiger partial charge on any atom is -0.495 e. The highest BCUT2D eigenvalue weighted by atomic mass is 32.1. The zero-order chi connectivity index (χ0) is 22.9. The number of benzene rings is 3. The van der Waals surface area contributed by atoms with Crippen molar-refractivity contribution >= 4 is 44.5 Å². The molecule has 2 aromatic heterocycles. The lowest BCUT2D eigenvalue weighted by atomic mass is 10.1. The molecule has 5 rings (SSSR count). The lowest BCUT2D eigenvalue weighted by molar-refractivity contribution is 0.417. The molecule has 0 atom stereocenters. The summed E-state index contributed by atoms with van der Waals surface area (Å²) in [5.74, 6) is 0.664. The first-order valence-electron chi connectivity index (χ1n) is 10.5. The molecule has 162 valence electrons. The van der Waals surface area contributed by atoms with Crippen molar-refractivity contribution in [3.05, 3.63) is 82.3 Å². The van der Waals surface area contributed by atoms with Crippen molar-refractivity contribution in [1.82, 2.24) is 4.98 Å². The summed E-state index contributed by atoms with van der Waals surface area (Å²) in [4.78, 5) is 4.69. The van der Waals surface area contributed by atoms with Crippen LogP contribution in [0.25, 0.3) is 38.8 Å². The molecule has 3 aromatic carbocycles. The zero-order valence-corrected chi connectivity index (χ0v) is 19.3. The molecule has 5 aromatic rings. The lowest BCUT2D eigenvalue weighted by Crippen LogP contribution is -1.95. The number of methoxy groups -OCH3 is 1. The number of hydrogen-bond acceptors (Lipinski definition) is 6. The maximum atomic E-state index is 9.77. The van der Waals surface area contributed by atoms with Crippen LogP contribution in [0.1, 0.15) is 16.1 Å². The molecule has 0 bridgehead atoms. The number of aryl methyl sites for hydroxylation is 2. The first-order chi connectivity index (χ1) is 16.1. The molecule has 0 aliphatic heterocycles. The molecule has 0 aliphatic rings. The second-order valence-corrected chi connectivity index (χ2v) is 8.66. The third kappa shape index (κ3) is 3.84. The van der Waals surface area contributed by atoms with E-state index in [1.807, 2.05) is 41.8 Å². The van der Waals surface area contributed by atoms with E-state index in [0.29, 0.717) is 22.0 Å². The zero-order valence-electron chi connectivity index (χ0n) is 18.5. The van der Waals surface area contributed by atoms with Crippen molar-refractivity contribution in [2.45, 2.75) is 13.8 Å². The van der Waals surface area contributed by atoms with Crippen LogP contribution in [0.5, 0.6) is 5.75 Å². The van der Waals surface area contributed by atoms with E-state index >= 15 is 0 Å². The van der Waals surface area contributed by atoms with Crippen molar-refractivity contribution in [2.75, 3.05) is 12.4 Å². The van der Waals surface area contributed by atoms with E-state index in [-0.39, 0.29) is 0 Å². The summed E-state index contributed by atoms with van der Waals surface area (Å²) in [5, 5.41) is 17.6. The Bertz CT molecular complexity index is 1570. The van der Waals surface area contributed by atoms with Gasteiger partial charge in [0.15, 0.2) is 0 Å². The predicted molar refractivity (Wildman–Crippen MR) is 135 cm³/mol. The summed E-state index contributed by atoms with van der Waals surface area (Å²) in [6, 6.07) is 20.3. The van der Waals surface area contributed by atoms with Crippen LogP contribution in [0.4, 0.5) is 5.69 Å². The summed E-state index contributed by atoms with van der Waals surface area (Å²) in [6.45, 7) is 4.17. The van der Waals surface area contributed by atoms with Crippen molar-refractivity contribution < 1.29 is 9.15 Å². The van der Waals surface area contributed by atoms with Crippen LogP contribution in [0.15, 0.2) is 70.6 Å². The molecule has 2 heterocycles. The Balaban J connectivity index is 1.47. The average Bonchev–Trinajstić information content (AvgIpc) is 3.45. The van der Waals surface area contributed by atoms with Crippen LogP contribution in [0.2, 0.25) is 0 Å². The number of ether oxygens (including phenoxy) is 1. The minimum absolute atomic E-state index is 0.446. The van der Waals surface area contributed by atoms with Crippen molar-refractivity contribution in [3.8, 4) is 23.1 Å². The second-order valence-electron chi connectivity index (χ2n) is 7.80. The molecule has 0 saturated carbocycles. The maximum Gasteiger partial charge on any atom is 0.143 e. The maximum absolute atomic E-state index is 9.77. The Morgan fingerprint density at radius 2 is 1.91 bits per heavy atom. The van der Waals surface area contributed by atoms with Gasteiger partial charge in [0.1, 0.15) is 33.6 Å². The van der Waals surface area contributed by atoms with Crippen molar-refractivity contribution in [1.29, 1.82) is 5.26 Å². The van der Waals surface area contributed by atoms with Crippen LogP contribution < -0.4 is 10.1 Å². The number of para-hydroxylation sites is 1. The normalized spacial score (nSPS) is 11.6. The highest BCUT2D eigenvalue weighted by Crippen LogP contribution is 2.36. The lowest BCUT2D eigenvalue weighted by Gasteiger charge is -2.08. The van der Waals surface area contributed by atoms with E-state index in [4.69, 9.17) is 14.1 Å². The topological polar surface area (TPSA) is 71.1 Å². The van der Waals surface area contributed by atoms with Gasteiger partial charge in [-0.05, 0) is 43.2 Å². The third-order valence-corrected chi connectivity index (χ3v) is 6.60. The number of anilines is 1. The smallest absolute Gasteiger partial charge is 0.143 e. The number of hydrogen-bond donors (Lipinski definition) is 1. The van der Waals surface area contributed by atoms with E-state index in [2.05, 4.69) is 43.4 Å². The fourth-order valence-electron chi connectivity index (χ4n) is 3.76. The minimum atomic E-state index is 0.446. The summed E-state index contributed by atoms with van der Waals surface area (Å²) < 4.78 is 11.6. The number of nitriles is 1. The summed E-state index contributed by atoms with van der Waals surface area (Å²) in [5.41, 5.74) is 7.09.